The molecule has 0 aromatic carbocycles. The van der Waals surface area contributed by atoms with Gasteiger partial charge in [-0.2, -0.15) is 0 Å². The Labute approximate surface area is 81.5 Å². The Morgan fingerprint density at radius 3 is 2.38 bits per heavy atom. The molecular weight excluding hydrogens is 164 g/mol. The van der Waals surface area contributed by atoms with Crippen LogP contribution in [0, 0.1) is 0 Å². The van der Waals surface area contributed by atoms with E-state index in [1.54, 1.807) is 6.92 Å². The van der Waals surface area contributed by atoms with E-state index in [0.29, 0.717) is 6.42 Å². The van der Waals surface area contributed by atoms with Crippen molar-refractivity contribution in [1.29, 1.82) is 0 Å². The van der Waals surface area contributed by atoms with Crippen molar-refractivity contribution < 1.29 is 4.79 Å². The summed E-state index contributed by atoms with van der Waals surface area (Å²) < 4.78 is 0. The third-order valence-electron chi connectivity index (χ3n) is 1.84. The Kier molecular flexibility index (Phi) is 7.94. The molecule has 0 rings (SSSR count). The lowest BCUT2D eigenvalue weighted by Gasteiger charge is -2.09. The van der Waals surface area contributed by atoms with Gasteiger partial charge < -0.3 is 15.0 Å². The highest BCUT2D eigenvalue weighted by Gasteiger charge is 1.93. The fourth-order valence-corrected chi connectivity index (χ4v) is 1.11. The van der Waals surface area contributed by atoms with Crippen molar-refractivity contribution in [1.82, 2.24) is 10.2 Å². The number of carbonyl (C=O) groups excluding carboxylic acids is 1. The summed E-state index contributed by atoms with van der Waals surface area (Å²) in [7, 11) is 4.16. The fourth-order valence-electron chi connectivity index (χ4n) is 1.11. The van der Waals surface area contributed by atoms with E-state index in [-0.39, 0.29) is 5.78 Å². The van der Waals surface area contributed by atoms with Crippen LogP contribution in [0.5, 0.6) is 0 Å². The Bertz CT molecular complexity index is 135. The van der Waals surface area contributed by atoms with Crippen molar-refractivity contribution in [2.75, 3.05) is 33.7 Å². The fraction of sp³-hybridized carbons (Fsp3) is 0.900. The molecule has 0 fully saturated rings. The normalized spacial score (nSPS) is 10.8. The van der Waals surface area contributed by atoms with Crippen molar-refractivity contribution in [2.45, 2.75) is 26.2 Å². The summed E-state index contributed by atoms with van der Waals surface area (Å²) in [5.74, 6) is 0.287. The minimum absolute atomic E-state index is 0.287. The zero-order chi connectivity index (χ0) is 10.1. The van der Waals surface area contributed by atoms with Gasteiger partial charge in [0.05, 0.1) is 0 Å². The maximum atomic E-state index is 10.6. The largest absolute Gasteiger partial charge is 0.317 e. The van der Waals surface area contributed by atoms with Crippen LogP contribution in [-0.2, 0) is 4.79 Å². The van der Waals surface area contributed by atoms with Crippen LogP contribution in [0.15, 0.2) is 0 Å². The quantitative estimate of drug-likeness (QED) is 0.572. The van der Waals surface area contributed by atoms with Crippen LogP contribution in [0.4, 0.5) is 0 Å². The van der Waals surface area contributed by atoms with Crippen LogP contribution < -0.4 is 5.32 Å². The van der Waals surface area contributed by atoms with Gasteiger partial charge in [-0.25, -0.2) is 0 Å². The number of carbonyl (C=O) groups is 1. The van der Waals surface area contributed by atoms with E-state index in [4.69, 9.17) is 0 Å². The molecule has 78 valence electrons. The molecule has 0 spiro atoms. The summed E-state index contributed by atoms with van der Waals surface area (Å²) >= 11 is 0. The molecule has 13 heavy (non-hydrogen) atoms. The van der Waals surface area contributed by atoms with Crippen molar-refractivity contribution in [3.05, 3.63) is 0 Å². The smallest absolute Gasteiger partial charge is 0.129 e. The first-order valence-corrected chi connectivity index (χ1v) is 4.98. The third kappa shape index (κ3) is 11.6. The lowest BCUT2D eigenvalue weighted by molar-refractivity contribution is -0.117. The number of rotatable bonds is 8. The molecule has 0 saturated heterocycles. The maximum Gasteiger partial charge on any atom is 0.129 e. The highest BCUT2D eigenvalue weighted by Crippen LogP contribution is 1.88. The average Bonchev–Trinajstić information content (AvgIpc) is 2.01. The van der Waals surface area contributed by atoms with Gasteiger partial charge in [-0.05, 0) is 53.5 Å². The van der Waals surface area contributed by atoms with E-state index in [2.05, 4.69) is 24.3 Å². The van der Waals surface area contributed by atoms with Crippen LogP contribution in [-0.4, -0.2) is 44.4 Å². The molecule has 0 saturated carbocycles. The Hall–Kier alpha value is -0.410. The van der Waals surface area contributed by atoms with Gasteiger partial charge in [-0.1, -0.05) is 0 Å². The van der Waals surface area contributed by atoms with Crippen LogP contribution in [0.1, 0.15) is 26.2 Å². The number of nitrogens with one attached hydrogen (secondary N) is 1. The summed E-state index contributed by atoms with van der Waals surface area (Å²) in [6.07, 6.45) is 2.85. The molecule has 0 unspecified atom stereocenters. The first-order chi connectivity index (χ1) is 6.13. The van der Waals surface area contributed by atoms with Crippen LogP contribution >= 0.6 is 0 Å². The summed E-state index contributed by atoms with van der Waals surface area (Å²) in [6.45, 7) is 4.79. The first-order valence-electron chi connectivity index (χ1n) is 4.98. The summed E-state index contributed by atoms with van der Waals surface area (Å²) in [6, 6.07) is 0. The van der Waals surface area contributed by atoms with Crippen molar-refractivity contribution >= 4 is 5.78 Å². The van der Waals surface area contributed by atoms with Gasteiger partial charge in [-0.15, -0.1) is 0 Å². The lowest BCUT2D eigenvalue weighted by Crippen LogP contribution is -2.22. The van der Waals surface area contributed by atoms with E-state index < -0.39 is 0 Å². The van der Waals surface area contributed by atoms with Gasteiger partial charge in [-0.3, -0.25) is 0 Å². The highest BCUT2D eigenvalue weighted by atomic mass is 16.1. The molecule has 3 heteroatoms. The maximum absolute atomic E-state index is 10.6. The van der Waals surface area contributed by atoms with E-state index in [1.807, 2.05) is 0 Å². The molecule has 0 aliphatic rings. The van der Waals surface area contributed by atoms with Crippen LogP contribution in [0.2, 0.25) is 0 Å². The molecule has 0 radical (unpaired) electrons. The highest BCUT2D eigenvalue weighted by molar-refractivity contribution is 5.75. The Morgan fingerprint density at radius 1 is 1.23 bits per heavy atom. The predicted octanol–water partition coefficient (Wildman–Crippen LogP) is 0.897. The third-order valence-corrected chi connectivity index (χ3v) is 1.84. The van der Waals surface area contributed by atoms with Gasteiger partial charge >= 0.3 is 0 Å². The van der Waals surface area contributed by atoms with Crippen LogP contribution in [0.3, 0.4) is 0 Å². The molecule has 0 aliphatic heterocycles. The van der Waals surface area contributed by atoms with E-state index in [1.165, 1.54) is 6.42 Å². The Morgan fingerprint density at radius 2 is 1.85 bits per heavy atom. The number of hydrogen-bond donors (Lipinski definition) is 1. The molecule has 0 bridgehead atoms. The number of hydrogen-bond acceptors (Lipinski definition) is 3. The summed E-state index contributed by atoms with van der Waals surface area (Å²) in [5.41, 5.74) is 0. The zero-order valence-corrected chi connectivity index (χ0v) is 9.10. The van der Waals surface area contributed by atoms with Gasteiger partial charge in [0.2, 0.25) is 0 Å². The standard InChI is InChI=1S/C10H22N2O/c1-10(13)6-4-7-11-8-5-9-12(2)3/h11H,4-9H2,1-3H3. The molecule has 0 aromatic heterocycles. The van der Waals surface area contributed by atoms with E-state index >= 15 is 0 Å². The Balaban J connectivity index is 2.96. The zero-order valence-electron chi connectivity index (χ0n) is 9.10. The molecule has 0 aliphatic carbocycles. The SMILES string of the molecule is CC(=O)CCCNCCCN(C)C. The molecule has 0 amide bonds. The molecule has 3 nitrogen and oxygen atoms in total. The van der Waals surface area contributed by atoms with Crippen molar-refractivity contribution in [3.8, 4) is 0 Å². The second-order valence-electron chi connectivity index (χ2n) is 3.71. The average molecular weight is 186 g/mol. The van der Waals surface area contributed by atoms with E-state index in [9.17, 15) is 4.79 Å². The summed E-state index contributed by atoms with van der Waals surface area (Å²) in [4.78, 5) is 12.8. The van der Waals surface area contributed by atoms with Gasteiger partial charge in [0.15, 0.2) is 0 Å². The first kappa shape index (κ1) is 12.6. The van der Waals surface area contributed by atoms with Gasteiger partial charge in [0.1, 0.15) is 5.78 Å². The van der Waals surface area contributed by atoms with E-state index in [0.717, 1.165) is 26.1 Å². The molecule has 1 N–H and O–H groups in total. The van der Waals surface area contributed by atoms with Crippen molar-refractivity contribution in [2.24, 2.45) is 0 Å². The predicted molar refractivity (Wildman–Crippen MR) is 56.0 cm³/mol. The van der Waals surface area contributed by atoms with Crippen molar-refractivity contribution in [3.63, 3.8) is 0 Å². The van der Waals surface area contributed by atoms with Crippen LogP contribution in [0.25, 0.3) is 0 Å². The molecule has 0 atom stereocenters. The second kappa shape index (κ2) is 8.20. The molecule has 0 heterocycles. The molecular formula is C10H22N2O. The number of nitrogens with zero attached hydrogens (tertiary/aromatic N) is 1. The molecule has 0 aromatic rings. The minimum atomic E-state index is 0.287. The lowest BCUT2D eigenvalue weighted by atomic mass is 10.2. The summed E-state index contributed by atoms with van der Waals surface area (Å²) in [5, 5.41) is 3.32. The number of Topliss-reactive ketones (excluding diaryl/α,β-unsaturated/α-hetero) is 1. The monoisotopic (exact) mass is 186 g/mol. The second-order valence-corrected chi connectivity index (χ2v) is 3.71. The van der Waals surface area contributed by atoms with Gasteiger partial charge in [0.25, 0.3) is 0 Å². The van der Waals surface area contributed by atoms with Gasteiger partial charge in [0, 0.05) is 6.42 Å². The minimum Gasteiger partial charge on any atom is -0.317 e. The topological polar surface area (TPSA) is 32.3 Å². The number of ketones is 1.